The molecular weight excluding hydrogens is 300 g/mol. The third-order valence-corrected chi connectivity index (χ3v) is 3.24. The zero-order valence-corrected chi connectivity index (χ0v) is 10.6. The molecule has 0 radical (unpaired) electrons. The van der Waals surface area contributed by atoms with Crippen LogP contribution in [0, 0.1) is 5.82 Å². The van der Waals surface area contributed by atoms with E-state index in [9.17, 15) is 17.6 Å². The molecule has 2 aromatic rings. The van der Waals surface area contributed by atoms with Gasteiger partial charge in [-0.1, -0.05) is 17.8 Å². The van der Waals surface area contributed by atoms with E-state index in [0.717, 1.165) is 10.7 Å². The molecule has 0 unspecified atom stereocenters. The van der Waals surface area contributed by atoms with Crippen LogP contribution in [0.2, 0.25) is 0 Å². The Kier molecular flexibility index (Phi) is 4.23. The number of aliphatic hydroxyl groups excluding tert-OH is 1. The van der Waals surface area contributed by atoms with E-state index in [1.807, 2.05) is 0 Å². The first-order chi connectivity index (χ1) is 9.38. The summed E-state index contributed by atoms with van der Waals surface area (Å²) in [5.74, 6) is -1.18. The van der Waals surface area contributed by atoms with Crippen LogP contribution in [0.3, 0.4) is 0 Å². The number of benzene rings is 1. The van der Waals surface area contributed by atoms with Crippen molar-refractivity contribution in [2.45, 2.75) is 17.4 Å². The van der Waals surface area contributed by atoms with Crippen molar-refractivity contribution in [3.63, 3.8) is 0 Å². The van der Waals surface area contributed by atoms with Crippen molar-refractivity contribution in [2.75, 3.05) is 5.75 Å². The van der Waals surface area contributed by atoms with E-state index < -0.39 is 23.9 Å². The molecule has 0 aliphatic carbocycles. The predicted octanol–water partition coefficient (Wildman–Crippen LogP) is 1.82. The average Bonchev–Trinajstić information content (AvgIpc) is 2.83. The molecule has 0 bridgehead atoms. The Hall–Kier alpha value is -1.68. The fourth-order valence-corrected chi connectivity index (χ4v) is 2.14. The lowest BCUT2D eigenvalue weighted by molar-refractivity contribution is -0.195. The molecule has 0 aliphatic rings. The summed E-state index contributed by atoms with van der Waals surface area (Å²) in [6.07, 6.45) is -7.19. The Morgan fingerprint density at radius 2 is 2.10 bits per heavy atom. The summed E-state index contributed by atoms with van der Waals surface area (Å²) in [5, 5.41) is 19.4. The van der Waals surface area contributed by atoms with Gasteiger partial charge < -0.3 is 5.11 Å². The molecule has 20 heavy (non-hydrogen) atoms. The maximum atomic E-state index is 13.1. The molecule has 0 saturated carbocycles. The topological polar surface area (TPSA) is 63.8 Å². The van der Waals surface area contributed by atoms with Crippen LogP contribution < -0.4 is 0 Å². The Balaban J connectivity index is 2.14. The number of thioether (sulfide) groups is 1. The fraction of sp³-hybridized carbons (Fsp3) is 0.300. The van der Waals surface area contributed by atoms with Crippen molar-refractivity contribution in [2.24, 2.45) is 0 Å². The Morgan fingerprint density at radius 1 is 1.35 bits per heavy atom. The van der Waals surface area contributed by atoms with E-state index in [1.165, 1.54) is 18.2 Å². The van der Waals surface area contributed by atoms with Gasteiger partial charge in [0.25, 0.3) is 0 Å². The number of hydrogen-bond acceptors (Lipinski definition) is 5. The summed E-state index contributed by atoms with van der Waals surface area (Å²) in [6.45, 7) is 0. The zero-order chi connectivity index (χ0) is 14.8. The van der Waals surface area contributed by atoms with Crippen LogP contribution in [0.25, 0.3) is 5.69 Å². The molecule has 0 amide bonds. The zero-order valence-electron chi connectivity index (χ0n) is 9.75. The molecule has 5 nitrogen and oxygen atoms in total. The average molecular weight is 308 g/mol. The third-order valence-electron chi connectivity index (χ3n) is 2.24. The number of alkyl halides is 3. The second-order valence-corrected chi connectivity index (χ2v) is 4.71. The summed E-state index contributed by atoms with van der Waals surface area (Å²) in [6, 6.07) is 5.28. The molecular formula is C10H8F4N4OS. The van der Waals surface area contributed by atoms with Gasteiger partial charge in [0.05, 0.1) is 5.69 Å². The molecule has 0 saturated heterocycles. The smallest absolute Gasteiger partial charge is 0.383 e. The monoisotopic (exact) mass is 308 g/mol. The highest BCUT2D eigenvalue weighted by Gasteiger charge is 2.38. The number of aliphatic hydroxyl groups is 1. The van der Waals surface area contributed by atoms with Gasteiger partial charge in [-0.3, -0.25) is 0 Å². The number of rotatable bonds is 4. The van der Waals surface area contributed by atoms with Crippen LogP contribution in [-0.2, 0) is 0 Å². The molecule has 1 aromatic carbocycles. The summed E-state index contributed by atoms with van der Waals surface area (Å²) in [7, 11) is 0. The van der Waals surface area contributed by atoms with Crippen molar-refractivity contribution < 1.29 is 22.7 Å². The minimum atomic E-state index is -4.70. The van der Waals surface area contributed by atoms with Gasteiger partial charge in [-0.05, 0) is 28.6 Å². The Bertz CT molecular complexity index is 589. The molecule has 1 N–H and O–H groups in total. The first kappa shape index (κ1) is 14.7. The van der Waals surface area contributed by atoms with Crippen LogP contribution in [0.5, 0.6) is 0 Å². The molecule has 0 fully saturated rings. The second-order valence-electron chi connectivity index (χ2n) is 3.72. The third kappa shape index (κ3) is 3.45. The quantitative estimate of drug-likeness (QED) is 0.689. The molecule has 1 heterocycles. The lowest BCUT2D eigenvalue weighted by Crippen LogP contribution is -2.30. The number of hydrogen-bond donors (Lipinski definition) is 1. The van der Waals surface area contributed by atoms with Crippen LogP contribution in [0.1, 0.15) is 0 Å². The van der Waals surface area contributed by atoms with E-state index in [2.05, 4.69) is 15.5 Å². The number of tetrazole rings is 1. The largest absolute Gasteiger partial charge is 0.415 e. The van der Waals surface area contributed by atoms with E-state index in [-0.39, 0.29) is 10.8 Å². The lowest BCUT2D eigenvalue weighted by atomic mass is 10.3. The second kappa shape index (κ2) is 5.75. The van der Waals surface area contributed by atoms with Crippen molar-refractivity contribution in [3.05, 3.63) is 30.1 Å². The molecule has 0 aliphatic heterocycles. The molecule has 10 heteroatoms. The maximum Gasteiger partial charge on any atom is 0.415 e. The molecule has 2 rings (SSSR count). The van der Waals surface area contributed by atoms with Crippen molar-refractivity contribution in [1.82, 2.24) is 20.2 Å². The summed E-state index contributed by atoms with van der Waals surface area (Å²) in [5.41, 5.74) is 0.277. The van der Waals surface area contributed by atoms with Crippen molar-refractivity contribution in [3.8, 4) is 5.69 Å². The van der Waals surface area contributed by atoms with Gasteiger partial charge in [-0.15, -0.1) is 5.10 Å². The maximum absolute atomic E-state index is 13.1. The fourth-order valence-electron chi connectivity index (χ4n) is 1.29. The van der Waals surface area contributed by atoms with Crippen LogP contribution in [0.15, 0.2) is 29.4 Å². The van der Waals surface area contributed by atoms with E-state index in [1.54, 1.807) is 0 Å². The normalized spacial score (nSPS) is 13.4. The Labute approximate surface area is 114 Å². The van der Waals surface area contributed by atoms with Gasteiger partial charge in [0.15, 0.2) is 6.10 Å². The summed E-state index contributed by atoms with van der Waals surface area (Å²) in [4.78, 5) is 0. The highest BCUT2D eigenvalue weighted by Crippen LogP contribution is 2.26. The van der Waals surface area contributed by atoms with Crippen molar-refractivity contribution >= 4 is 11.8 Å². The van der Waals surface area contributed by atoms with Crippen molar-refractivity contribution in [1.29, 1.82) is 0 Å². The van der Waals surface area contributed by atoms with Crippen LogP contribution in [-0.4, -0.2) is 43.3 Å². The van der Waals surface area contributed by atoms with E-state index >= 15 is 0 Å². The first-order valence-corrected chi connectivity index (χ1v) is 6.28. The number of aromatic nitrogens is 4. The summed E-state index contributed by atoms with van der Waals surface area (Å²) >= 11 is 0.624. The van der Waals surface area contributed by atoms with E-state index in [4.69, 9.17) is 5.11 Å². The summed E-state index contributed by atoms with van der Waals surface area (Å²) < 4.78 is 50.7. The molecule has 1 aromatic heterocycles. The minimum absolute atomic E-state index is 0.0268. The van der Waals surface area contributed by atoms with Crippen LogP contribution >= 0.6 is 11.8 Å². The Morgan fingerprint density at radius 3 is 2.75 bits per heavy atom. The van der Waals surface area contributed by atoms with Gasteiger partial charge in [0.1, 0.15) is 5.82 Å². The predicted molar refractivity (Wildman–Crippen MR) is 61.9 cm³/mol. The number of nitrogens with zero attached hydrogens (tertiary/aromatic N) is 4. The molecule has 108 valence electrons. The number of halogens is 4. The van der Waals surface area contributed by atoms with Gasteiger partial charge >= 0.3 is 6.18 Å². The SMILES string of the molecule is O[C@H](CSc1nnnn1-c1cccc(F)c1)C(F)(F)F. The minimum Gasteiger partial charge on any atom is -0.383 e. The highest BCUT2D eigenvalue weighted by atomic mass is 32.2. The van der Waals surface area contributed by atoms with Crippen LogP contribution in [0.4, 0.5) is 17.6 Å². The lowest BCUT2D eigenvalue weighted by Gasteiger charge is -2.13. The van der Waals surface area contributed by atoms with Gasteiger partial charge in [0.2, 0.25) is 5.16 Å². The highest BCUT2D eigenvalue weighted by molar-refractivity contribution is 7.99. The standard InChI is InChI=1S/C10H8F4N4OS/c11-6-2-1-3-7(4-6)18-9(15-16-17-18)20-5-8(19)10(12,13)14/h1-4,8,19H,5H2/t8-/m1/s1. The van der Waals surface area contributed by atoms with Gasteiger partial charge in [-0.2, -0.15) is 17.9 Å². The molecule has 0 spiro atoms. The van der Waals surface area contributed by atoms with Gasteiger partial charge in [0, 0.05) is 5.75 Å². The van der Waals surface area contributed by atoms with E-state index in [0.29, 0.717) is 11.8 Å². The molecule has 1 atom stereocenters. The first-order valence-electron chi connectivity index (χ1n) is 5.30. The van der Waals surface area contributed by atoms with Gasteiger partial charge in [-0.25, -0.2) is 4.39 Å².